The maximum absolute atomic E-state index is 6.23. The van der Waals surface area contributed by atoms with Crippen LogP contribution in [0.15, 0.2) is 36.9 Å². The Morgan fingerprint density at radius 3 is 2.60 bits per heavy atom. The van der Waals surface area contributed by atoms with E-state index in [0.717, 1.165) is 13.0 Å². The van der Waals surface area contributed by atoms with Gasteiger partial charge in [-0.15, -0.1) is 0 Å². The molecule has 1 aromatic carbocycles. The Labute approximate surface area is 166 Å². The summed E-state index contributed by atoms with van der Waals surface area (Å²) >= 11 is 14.4. The van der Waals surface area contributed by atoms with Gasteiger partial charge in [0.2, 0.25) is 0 Å². The number of thioether (sulfide) groups is 1. The van der Waals surface area contributed by atoms with Crippen LogP contribution < -0.4 is 0 Å². The highest BCUT2D eigenvalue weighted by Crippen LogP contribution is 2.36. The first-order chi connectivity index (χ1) is 12.2. The van der Waals surface area contributed by atoms with E-state index in [1.807, 2.05) is 42.6 Å². The van der Waals surface area contributed by atoms with E-state index in [9.17, 15) is 0 Å². The van der Waals surface area contributed by atoms with Gasteiger partial charge in [0.05, 0.1) is 16.4 Å². The molecule has 25 heavy (non-hydrogen) atoms. The second-order valence-electron chi connectivity index (χ2n) is 6.39. The van der Waals surface area contributed by atoms with Crippen LogP contribution >= 0.6 is 35.0 Å². The lowest BCUT2D eigenvalue weighted by Crippen LogP contribution is -2.02. The standard InChI is InChI=1S/C20H28Cl2N2S/c1-2-3-4-5-6-7-14-25-20(10-12-24-13-11-23-16-24)17-8-9-18(21)19(22)15-17/h8-9,11,13,15-16,20H,2-7,10,12,14H2,1H3. The summed E-state index contributed by atoms with van der Waals surface area (Å²) in [4.78, 5) is 4.13. The molecule has 2 rings (SSSR count). The molecule has 0 amide bonds. The Bertz CT molecular complexity index is 602. The van der Waals surface area contributed by atoms with Crippen LogP contribution in [0.25, 0.3) is 0 Å². The van der Waals surface area contributed by atoms with Crippen molar-refractivity contribution in [2.45, 2.75) is 63.7 Å². The first-order valence-corrected chi connectivity index (χ1v) is 11.0. The van der Waals surface area contributed by atoms with Gasteiger partial charge in [0.15, 0.2) is 0 Å². The molecule has 0 N–H and O–H groups in total. The zero-order valence-electron chi connectivity index (χ0n) is 15.0. The summed E-state index contributed by atoms with van der Waals surface area (Å²) in [6, 6.07) is 6.05. The van der Waals surface area contributed by atoms with E-state index in [1.165, 1.54) is 49.8 Å². The summed E-state index contributed by atoms with van der Waals surface area (Å²) in [6.45, 7) is 3.23. The predicted octanol–water partition coefficient (Wildman–Crippen LogP) is 7.42. The smallest absolute Gasteiger partial charge is 0.0945 e. The van der Waals surface area contributed by atoms with Gasteiger partial charge in [-0.25, -0.2) is 4.98 Å². The van der Waals surface area contributed by atoms with Crippen LogP contribution in [0.5, 0.6) is 0 Å². The van der Waals surface area contributed by atoms with Crippen molar-refractivity contribution in [1.29, 1.82) is 0 Å². The fourth-order valence-corrected chi connectivity index (χ4v) is 4.43. The van der Waals surface area contributed by atoms with Gasteiger partial charge in [-0.05, 0) is 36.3 Å². The Kier molecular flexibility index (Phi) is 9.82. The molecule has 1 aromatic heterocycles. The van der Waals surface area contributed by atoms with E-state index < -0.39 is 0 Å². The van der Waals surface area contributed by atoms with Crippen molar-refractivity contribution in [2.24, 2.45) is 0 Å². The molecule has 5 heteroatoms. The maximum Gasteiger partial charge on any atom is 0.0945 e. The molecule has 1 unspecified atom stereocenters. The lowest BCUT2D eigenvalue weighted by Gasteiger charge is -2.18. The van der Waals surface area contributed by atoms with Crippen molar-refractivity contribution in [3.05, 3.63) is 52.5 Å². The molecular formula is C20H28Cl2N2S. The highest BCUT2D eigenvalue weighted by Gasteiger charge is 2.14. The zero-order chi connectivity index (χ0) is 17.9. The minimum atomic E-state index is 0.438. The van der Waals surface area contributed by atoms with Crippen molar-refractivity contribution in [3.63, 3.8) is 0 Å². The van der Waals surface area contributed by atoms with Gasteiger partial charge >= 0.3 is 0 Å². The van der Waals surface area contributed by atoms with Gasteiger partial charge in [0, 0.05) is 24.2 Å². The molecule has 0 saturated heterocycles. The molecule has 0 spiro atoms. The Hall–Kier alpha value is -0.640. The fourth-order valence-electron chi connectivity index (χ4n) is 2.85. The molecule has 0 aliphatic heterocycles. The van der Waals surface area contributed by atoms with E-state index in [1.54, 1.807) is 0 Å². The van der Waals surface area contributed by atoms with Crippen molar-refractivity contribution in [3.8, 4) is 0 Å². The summed E-state index contributed by atoms with van der Waals surface area (Å²) in [7, 11) is 0. The molecule has 0 radical (unpaired) electrons. The number of benzene rings is 1. The van der Waals surface area contributed by atoms with Crippen LogP contribution in [0.4, 0.5) is 0 Å². The Morgan fingerprint density at radius 2 is 1.88 bits per heavy atom. The van der Waals surface area contributed by atoms with Gasteiger partial charge in [0.25, 0.3) is 0 Å². The van der Waals surface area contributed by atoms with Crippen molar-refractivity contribution >= 4 is 35.0 Å². The number of hydrogen-bond acceptors (Lipinski definition) is 2. The molecule has 0 aliphatic rings. The lowest BCUT2D eigenvalue weighted by molar-refractivity contribution is 0.622. The van der Waals surface area contributed by atoms with E-state index >= 15 is 0 Å². The fraction of sp³-hybridized carbons (Fsp3) is 0.550. The third kappa shape index (κ3) is 7.64. The minimum Gasteiger partial charge on any atom is -0.337 e. The predicted molar refractivity (Wildman–Crippen MR) is 112 cm³/mol. The van der Waals surface area contributed by atoms with E-state index in [0.29, 0.717) is 15.3 Å². The third-order valence-electron chi connectivity index (χ3n) is 4.34. The second-order valence-corrected chi connectivity index (χ2v) is 8.51. The quantitative estimate of drug-likeness (QED) is 0.346. The summed E-state index contributed by atoms with van der Waals surface area (Å²) in [6.07, 6.45) is 14.8. The molecular weight excluding hydrogens is 371 g/mol. The number of halogens is 2. The van der Waals surface area contributed by atoms with Crippen molar-refractivity contribution in [1.82, 2.24) is 9.55 Å². The molecule has 1 atom stereocenters. The number of hydrogen-bond donors (Lipinski definition) is 0. The average Bonchev–Trinajstić information content (AvgIpc) is 3.13. The Balaban J connectivity index is 1.86. The van der Waals surface area contributed by atoms with Gasteiger partial charge in [0.1, 0.15) is 0 Å². The van der Waals surface area contributed by atoms with Crippen LogP contribution in [-0.2, 0) is 6.54 Å². The molecule has 2 nitrogen and oxygen atoms in total. The molecule has 2 aromatic rings. The normalized spacial score (nSPS) is 12.4. The SMILES string of the molecule is CCCCCCCCSC(CCn1ccnc1)c1ccc(Cl)c(Cl)c1. The van der Waals surface area contributed by atoms with Gasteiger partial charge in [-0.1, -0.05) is 68.3 Å². The first-order valence-electron chi connectivity index (χ1n) is 9.23. The summed E-state index contributed by atoms with van der Waals surface area (Å²) in [5.41, 5.74) is 1.27. The van der Waals surface area contributed by atoms with Crippen LogP contribution in [0.2, 0.25) is 10.0 Å². The molecule has 0 bridgehead atoms. The summed E-state index contributed by atoms with van der Waals surface area (Å²) in [5, 5.41) is 1.71. The maximum atomic E-state index is 6.23. The van der Waals surface area contributed by atoms with Gasteiger partial charge in [-0.3, -0.25) is 0 Å². The van der Waals surface area contributed by atoms with Gasteiger partial charge in [-0.2, -0.15) is 11.8 Å². The number of aromatic nitrogens is 2. The molecule has 1 heterocycles. The van der Waals surface area contributed by atoms with E-state index in [-0.39, 0.29) is 0 Å². The molecule has 0 saturated carbocycles. The summed E-state index contributed by atoms with van der Waals surface area (Å²) in [5.74, 6) is 1.20. The van der Waals surface area contributed by atoms with Crippen molar-refractivity contribution < 1.29 is 0 Å². The number of rotatable bonds is 12. The summed E-state index contributed by atoms with van der Waals surface area (Å²) < 4.78 is 2.13. The van der Waals surface area contributed by atoms with Crippen LogP contribution in [-0.4, -0.2) is 15.3 Å². The average molecular weight is 399 g/mol. The topological polar surface area (TPSA) is 17.8 Å². The Morgan fingerprint density at radius 1 is 1.08 bits per heavy atom. The first kappa shape index (κ1) is 20.7. The highest BCUT2D eigenvalue weighted by molar-refractivity contribution is 7.99. The number of aryl methyl sites for hydroxylation is 1. The molecule has 0 fully saturated rings. The highest BCUT2D eigenvalue weighted by atomic mass is 35.5. The molecule has 138 valence electrons. The minimum absolute atomic E-state index is 0.438. The van der Waals surface area contributed by atoms with Crippen LogP contribution in [0, 0.1) is 0 Å². The van der Waals surface area contributed by atoms with Crippen molar-refractivity contribution in [2.75, 3.05) is 5.75 Å². The number of imidazole rings is 1. The van der Waals surface area contributed by atoms with Crippen LogP contribution in [0.3, 0.4) is 0 Å². The van der Waals surface area contributed by atoms with E-state index in [2.05, 4.69) is 22.5 Å². The number of unbranched alkanes of at least 4 members (excludes halogenated alkanes) is 5. The van der Waals surface area contributed by atoms with Gasteiger partial charge < -0.3 is 4.57 Å². The number of nitrogens with zero attached hydrogens (tertiary/aromatic N) is 2. The van der Waals surface area contributed by atoms with E-state index in [4.69, 9.17) is 23.2 Å². The molecule has 0 aliphatic carbocycles. The third-order valence-corrected chi connectivity index (χ3v) is 6.51. The zero-order valence-corrected chi connectivity index (χ0v) is 17.3. The lowest BCUT2D eigenvalue weighted by atomic mass is 10.1. The largest absolute Gasteiger partial charge is 0.337 e. The monoisotopic (exact) mass is 398 g/mol. The second kappa shape index (κ2) is 11.9. The van der Waals surface area contributed by atoms with Crippen LogP contribution in [0.1, 0.15) is 62.7 Å².